The predicted octanol–water partition coefficient (Wildman–Crippen LogP) is 3.85. The summed E-state index contributed by atoms with van der Waals surface area (Å²) in [6, 6.07) is 11.6. The first kappa shape index (κ1) is 19.0. The van der Waals surface area contributed by atoms with E-state index in [0.717, 1.165) is 53.6 Å². The van der Waals surface area contributed by atoms with Crippen LogP contribution < -0.4 is 19.1 Å². The van der Waals surface area contributed by atoms with Crippen molar-refractivity contribution in [2.24, 2.45) is 0 Å². The van der Waals surface area contributed by atoms with Gasteiger partial charge < -0.3 is 14.4 Å². The Hall–Kier alpha value is -3.00. The summed E-state index contributed by atoms with van der Waals surface area (Å²) in [5, 5.41) is 0.735. The van der Waals surface area contributed by atoms with Crippen LogP contribution in [0.1, 0.15) is 18.4 Å². The van der Waals surface area contributed by atoms with E-state index < -0.39 is 10.0 Å². The van der Waals surface area contributed by atoms with Crippen molar-refractivity contribution in [2.45, 2.75) is 24.5 Å². The minimum absolute atomic E-state index is 0.239. The Kier molecular flexibility index (Phi) is 4.47. The minimum Gasteiger partial charge on any atom is -0.493 e. The van der Waals surface area contributed by atoms with Crippen LogP contribution in [0.2, 0.25) is 0 Å². The maximum atomic E-state index is 12.3. The third-order valence-electron chi connectivity index (χ3n) is 5.71. The lowest BCUT2D eigenvalue weighted by Crippen LogP contribution is -2.17. The second kappa shape index (κ2) is 7.05. The molecule has 2 aliphatic rings. The van der Waals surface area contributed by atoms with Crippen LogP contribution in [0.25, 0.3) is 10.9 Å². The van der Waals surface area contributed by atoms with Crippen LogP contribution in [-0.2, 0) is 16.4 Å². The molecule has 0 radical (unpaired) electrons. The summed E-state index contributed by atoms with van der Waals surface area (Å²) in [6.45, 7) is 0.807. The van der Waals surface area contributed by atoms with E-state index in [4.69, 9.17) is 9.47 Å². The van der Waals surface area contributed by atoms with Crippen LogP contribution in [-0.4, -0.2) is 39.4 Å². The van der Waals surface area contributed by atoms with Gasteiger partial charge in [-0.25, -0.2) is 8.42 Å². The zero-order chi connectivity index (χ0) is 20.9. The zero-order valence-electron chi connectivity index (χ0n) is 16.9. The highest BCUT2D eigenvalue weighted by Crippen LogP contribution is 2.42. The third-order valence-corrected chi connectivity index (χ3v) is 7.58. The SMILES string of the molecule is COc1cc2nccc(N3CCc4cc(NS(=O)(=O)C5CC5)ccc43)c2cc1OC. The molecule has 1 aliphatic heterocycles. The number of anilines is 3. The average Bonchev–Trinajstić information content (AvgIpc) is 3.53. The van der Waals surface area contributed by atoms with Crippen molar-refractivity contribution in [3.8, 4) is 11.5 Å². The summed E-state index contributed by atoms with van der Waals surface area (Å²) in [5.41, 5.74) is 4.69. The number of ether oxygens (including phenoxy) is 2. The fraction of sp³-hybridized carbons (Fsp3) is 0.318. The summed E-state index contributed by atoms with van der Waals surface area (Å²) < 4.78 is 38.1. The fourth-order valence-corrected chi connectivity index (χ4v) is 5.41. The van der Waals surface area contributed by atoms with Gasteiger partial charge in [-0.2, -0.15) is 0 Å². The lowest BCUT2D eigenvalue weighted by molar-refractivity contribution is 0.356. The molecule has 2 aromatic carbocycles. The predicted molar refractivity (Wildman–Crippen MR) is 118 cm³/mol. The van der Waals surface area contributed by atoms with Crippen LogP contribution in [0.15, 0.2) is 42.6 Å². The Morgan fingerprint density at radius 1 is 1.03 bits per heavy atom. The Balaban J connectivity index is 1.52. The second-order valence-corrected chi connectivity index (χ2v) is 9.61. The van der Waals surface area contributed by atoms with Crippen LogP contribution >= 0.6 is 0 Å². The Labute approximate surface area is 175 Å². The van der Waals surface area contributed by atoms with Crippen molar-refractivity contribution >= 4 is 38.0 Å². The lowest BCUT2D eigenvalue weighted by atomic mass is 10.1. The van der Waals surface area contributed by atoms with Crippen molar-refractivity contribution in [2.75, 3.05) is 30.4 Å². The second-order valence-electron chi connectivity index (χ2n) is 7.65. The van der Waals surface area contributed by atoms with E-state index >= 15 is 0 Å². The van der Waals surface area contributed by atoms with E-state index in [0.29, 0.717) is 17.2 Å². The smallest absolute Gasteiger partial charge is 0.235 e. The summed E-state index contributed by atoms with van der Waals surface area (Å²) in [6.07, 6.45) is 4.12. The molecule has 30 heavy (non-hydrogen) atoms. The highest BCUT2D eigenvalue weighted by Gasteiger charge is 2.36. The topological polar surface area (TPSA) is 80.8 Å². The van der Waals surface area contributed by atoms with Crippen molar-refractivity contribution in [3.63, 3.8) is 0 Å². The molecule has 0 unspecified atom stereocenters. The third kappa shape index (κ3) is 3.21. The first-order valence-corrected chi connectivity index (χ1v) is 11.5. The molecule has 5 rings (SSSR count). The number of nitrogens with zero attached hydrogens (tertiary/aromatic N) is 2. The number of fused-ring (bicyclic) bond motifs is 2. The van der Waals surface area contributed by atoms with Gasteiger partial charge in [-0.1, -0.05) is 0 Å². The summed E-state index contributed by atoms with van der Waals surface area (Å²) in [5.74, 6) is 1.30. The van der Waals surface area contributed by atoms with Crippen molar-refractivity contribution in [1.29, 1.82) is 0 Å². The van der Waals surface area contributed by atoms with Gasteiger partial charge in [-0.05, 0) is 55.2 Å². The molecule has 0 saturated heterocycles. The number of nitrogens with one attached hydrogen (secondary N) is 1. The van der Waals surface area contributed by atoms with Gasteiger partial charge in [0.25, 0.3) is 0 Å². The maximum absolute atomic E-state index is 12.3. The Bertz CT molecular complexity index is 1240. The van der Waals surface area contributed by atoms with Gasteiger partial charge >= 0.3 is 0 Å². The molecular formula is C22H23N3O4S. The number of aromatic nitrogens is 1. The van der Waals surface area contributed by atoms with E-state index in [1.54, 1.807) is 20.4 Å². The van der Waals surface area contributed by atoms with Crippen molar-refractivity contribution < 1.29 is 17.9 Å². The molecule has 2 heterocycles. The molecule has 0 atom stereocenters. The number of methoxy groups -OCH3 is 2. The molecule has 1 aromatic heterocycles. The number of rotatable bonds is 6. The van der Waals surface area contributed by atoms with E-state index in [9.17, 15) is 8.42 Å². The van der Waals surface area contributed by atoms with Gasteiger partial charge in [0.2, 0.25) is 10.0 Å². The fourth-order valence-electron chi connectivity index (χ4n) is 4.03. The van der Waals surface area contributed by atoms with Gasteiger partial charge in [-0.3, -0.25) is 9.71 Å². The molecule has 1 saturated carbocycles. The molecule has 7 nitrogen and oxygen atoms in total. The van der Waals surface area contributed by atoms with Gasteiger partial charge in [0.1, 0.15) is 0 Å². The average molecular weight is 426 g/mol. The number of benzene rings is 2. The van der Waals surface area contributed by atoms with Crippen LogP contribution in [0.3, 0.4) is 0 Å². The molecule has 0 spiro atoms. The number of sulfonamides is 1. The molecule has 0 bridgehead atoms. The first-order chi connectivity index (χ1) is 14.5. The number of pyridine rings is 1. The molecule has 1 fully saturated rings. The van der Waals surface area contributed by atoms with E-state index in [1.807, 2.05) is 36.4 Å². The van der Waals surface area contributed by atoms with Crippen LogP contribution in [0.4, 0.5) is 17.1 Å². The first-order valence-electron chi connectivity index (χ1n) is 9.93. The molecular weight excluding hydrogens is 402 g/mol. The van der Waals surface area contributed by atoms with Crippen LogP contribution in [0.5, 0.6) is 11.5 Å². The number of hydrogen-bond acceptors (Lipinski definition) is 6. The summed E-state index contributed by atoms with van der Waals surface area (Å²) in [7, 11) is -0.0335. The van der Waals surface area contributed by atoms with Gasteiger partial charge in [0, 0.05) is 35.6 Å². The summed E-state index contributed by atoms with van der Waals surface area (Å²) >= 11 is 0. The molecule has 3 aromatic rings. The van der Waals surface area contributed by atoms with Gasteiger partial charge in [0.05, 0.1) is 30.7 Å². The van der Waals surface area contributed by atoms with Crippen molar-refractivity contribution in [3.05, 3.63) is 48.2 Å². The van der Waals surface area contributed by atoms with Gasteiger partial charge in [0.15, 0.2) is 11.5 Å². The molecule has 0 amide bonds. The molecule has 1 aliphatic carbocycles. The minimum atomic E-state index is -3.26. The molecule has 8 heteroatoms. The van der Waals surface area contributed by atoms with Crippen LogP contribution in [0, 0.1) is 0 Å². The highest BCUT2D eigenvalue weighted by molar-refractivity contribution is 7.93. The van der Waals surface area contributed by atoms with E-state index in [2.05, 4.69) is 14.6 Å². The highest BCUT2D eigenvalue weighted by atomic mass is 32.2. The van der Waals surface area contributed by atoms with E-state index in [1.165, 1.54) is 0 Å². The monoisotopic (exact) mass is 425 g/mol. The lowest BCUT2D eigenvalue weighted by Gasteiger charge is -2.22. The molecule has 156 valence electrons. The molecule has 1 N–H and O–H groups in total. The van der Waals surface area contributed by atoms with Gasteiger partial charge in [-0.15, -0.1) is 0 Å². The summed E-state index contributed by atoms with van der Waals surface area (Å²) in [4.78, 5) is 6.73. The number of hydrogen-bond donors (Lipinski definition) is 1. The quantitative estimate of drug-likeness (QED) is 0.646. The normalized spacial score (nSPS) is 15.9. The van der Waals surface area contributed by atoms with E-state index in [-0.39, 0.29) is 5.25 Å². The Morgan fingerprint density at radius 2 is 1.80 bits per heavy atom. The van der Waals surface area contributed by atoms with Crippen molar-refractivity contribution in [1.82, 2.24) is 4.98 Å². The largest absolute Gasteiger partial charge is 0.493 e. The maximum Gasteiger partial charge on any atom is 0.235 e. The standard InChI is InChI=1S/C22H23N3O4S/c1-28-21-12-17-18(13-22(21)29-2)23-9-7-20(17)25-10-8-14-11-15(3-6-19(14)25)24-30(26,27)16-4-5-16/h3,6-7,9,11-13,16,24H,4-5,8,10H2,1-2H3. The zero-order valence-corrected chi connectivity index (χ0v) is 17.7. The Morgan fingerprint density at radius 3 is 2.53 bits per heavy atom.